The fraction of sp³-hybridized carbons (Fsp3) is 0.333. The first-order valence-electron chi connectivity index (χ1n) is 7.90. The van der Waals surface area contributed by atoms with Crippen LogP contribution < -0.4 is 10.1 Å². The monoisotopic (exact) mass is 390 g/mol. The van der Waals surface area contributed by atoms with E-state index < -0.39 is 0 Å². The smallest absolute Gasteiger partial charge is 0.257 e. The molecule has 2 heterocycles. The number of anilines is 1. The molecule has 1 aliphatic rings. The summed E-state index contributed by atoms with van der Waals surface area (Å²) >= 11 is 3.41. The predicted molar refractivity (Wildman–Crippen MR) is 95.5 cm³/mol. The van der Waals surface area contributed by atoms with E-state index in [4.69, 9.17) is 9.47 Å². The Bertz CT molecular complexity index is 713. The maximum absolute atomic E-state index is 12.3. The van der Waals surface area contributed by atoms with Crippen molar-refractivity contribution in [2.24, 2.45) is 0 Å². The van der Waals surface area contributed by atoms with Crippen molar-refractivity contribution in [3.05, 3.63) is 52.1 Å². The van der Waals surface area contributed by atoms with Crippen LogP contribution in [0, 0.1) is 6.92 Å². The summed E-state index contributed by atoms with van der Waals surface area (Å²) < 4.78 is 12.1. The lowest BCUT2D eigenvalue weighted by Crippen LogP contribution is -2.26. The molecule has 0 spiro atoms. The number of nitrogens with one attached hydrogen (secondary N) is 1. The second-order valence-corrected chi connectivity index (χ2v) is 6.64. The van der Waals surface area contributed by atoms with Gasteiger partial charge in [0.1, 0.15) is 6.10 Å². The molecule has 0 bridgehead atoms. The Morgan fingerprint density at radius 2 is 2.08 bits per heavy atom. The lowest BCUT2D eigenvalue weighted by atomic mass is 10.1. The van der Waals surface area contributed by atoms with Crippen molar-refractivity contribution in [1.29, 1.82) is 0 Å². The number of carbonyl (C=O) groups excluding carboxylic acids is 1. The van der Waals surface area contributed by atoms with Gasteiger partial charge in [0, 0.05) is 35.3 Å². The van der Waals surface area contributed by atoms with Gasteiger partial charge in [0.25, 0.3) is 5.91 Å². The highest BCUT2D eigenvalue weighted by atomic mass is 79.9. The standard InChI is InChI=1S/C18H19BrN2O3/c1-12-10-14(19)3-4-16(12)21-18(22)13-2-5-17(20-11-13)24-15-6-8-23-9-7-15/h2-5,10-11,15H,6-9H2,1H3,(H,21,22). The highest BCUT2D eigenvalue weighted by molar-refractivity contribution is 9.10. The van der Waals surface area contributed by atoms with Gasteiger partial charge in [-0.1, -0.05) is 15.9 Å². The Kier molecular flexibility index (Phi) is 5.48. The zero-order valence-electron chi connectivity index (χ0n) is 13.4. The number of carbonyl (C=O) groups is 1. The number of aryl methyl sites for hydroxylation is 1. The predicted octanol–water partition coefficient (Wildman–Crippen LogP) is 3.96. The molecule has 1 fully saturated rings. The molecule has 1 saturated heterocycles. The van der Waals surface area contributed by atoms with E-state index in [0.29, 0.717) is 11.4 Å². The Morgan fingerprint density at radius 3 is 2.75 bits per heavy atom. The van der Waals surface area contributed by atoms with Gasteiger partial charge in [-0.05, 0) is 36.8 Å². The van der Waals surface area contributed by atoms with E-state index in [2.05, 4.69) is 26.2 Å². The summed E-state index contributed by atoms with van der Waals surface area (Å²) in [6, 6.07) is 9.18. The minimum absolute atomic E-state index is 0.136. The van der Waals surface area contributed by atoms with E-state index in [1.54, 1.807) is 12.1 Å². The van der Waals surface area contributed by atoms with Gasteiger partial charge in [-0.15, -0.1) is 0 Å². The lowest BCUT2D eigenvalue weighted by molar-refractivity contribution is 0.0237. The van der Waals surface area contributed by atoms with Crippen molar-refractivity contribution in [1.82, 2.24) is 4.98 Å². The molecule has 3 rings (SSSR count). The summed E-state index contributed by atoms with van der Waals surface area (Å²) in [6.07, 6.45) is 3.41. The fourth-order valence-electron chi connectivity index (χ4n) is 2.51. The van der Waals surface area contributed by atoms with Crippen LogP contribution in [0.25, 0.3) is 0 Å². The van der Waals surface area contributed by atoms with Crippen molar-refractivity contribution in [2.45, 2.75) is 25.9 Å². The maximum atomic E-state index is 12.3. The number of nitrogens with zero attached hydrogens (tertiary/aromatic N) is 1. The zero-order valence-corrected chi connectivity index (χ0v) is 15.0. The maximum Gasteiger partial charge on any atom is 0.257 e. The Morgan fingerprint density at radius 1 is 1.29 bits per heavy atom. The molecule has 1 N–H and O–H groups in total. The van der Waals surface area contributed by atoms with E-state index >= 15 is 0 Å². The number of rotatable bonds is 4. The molecule has 0 atom stereocenters. The third-order valence-electron chi connectivity index (χ3n) is 3.89. The Balaban J connectivity index is 1.62. The van der Waals surface area contributed by atoms with E-state index in [9.17, 15) is 4.79 Å². The number of hydrogen-bond donors (Lipinski definition) is 1. The van der Waals surface area contributed by atoms with Gasteiger partial charge in [-0.2, -0.15) is 0 Å². The summed E-state index contributed by atoms with van der Waals surface area (Å²) in [5.41, 5.74) is 2.27. The van der Waals surface area contributed by atoms with Crippen molar-refractivity contribution in [3.63, 3.8) is 0 Å². The summed E-state index contributed by atoms with van der Waals surface area (Å²) in [4.78, 5) is 16.6. The van der Waals surface area contributed by atoms with Gasteiger partial charge >= 0.3 is 0 Å². The topological polar surface area (TPSA) is 60.5 Å². The van der Waals surface area contributed by atoms with E-state index in [1.165, 1.54) is 6.20 Å². The number of pyridine rings is 1. The van der Waals surface area contributed by atoms with E-state index in [1.807, 2.05) is 25.1 Å². The second-order valence-electron chi connectivity index (χ2n) is 5.73. The first-order chi connectivity index (χ1) is 11.6. The molecule has 1 aromatic carbocycles. The third kappa shape index (κ3) is 4.33. The van der Waals surface area contributed by atoms with E-state index in [0.717, 1.165) is 41.8 Å². The molecule has 0 radical (unpaired) electrons. The van der Waals surface area contributed by atoms with Crippen molar-refractivity contribution < 1.29 is 14.3 Å². The molecule has 0 saturated carbocycles. The minimum atomic E-state index is -0.189. The van der Waals surface area contributed by atoms with Crippen LogP contribution in [0.1, 0.15) is 28.8 Å². The third-order valence-corrected chi connectivity index (χ3v) is 4.38. The summed E-state index contributed by atoms with van der Waals surface area (Å²) in [7, 11) is 0. The fourth-order valence-corrected chi connectivity index (χ4v) is 2.99. The zero-order chi connectivity index (χ0) is 16.9. The highest BCUT2D eigenvalue weighted by Crippen LogP contribution is 2.21. The van der Waals surface area contributed by atoms with Crippen LogP contribution in [0.2, 0.25) is 0 Å². The van der Waals surface area contributed by atoms with Gasteiger partial charge in [0.15, 0.2) is 0 Å². The summed E-state index contributed by atoms with van der Waals surface area (Å²) in [5.74, 6) is 0.351. The molecule has 1 amide bonds. The van der Waals surface area contributed by atoms with Crippen LogP contribution >= 0.6 is 15.9 Å². The average Bonchev–Trinajstić information content (AvgIpc) is 2.59. The van der Waals surface area contributed by atoms with Crippen molar-refractivity contribution in [3.8, 4) is 5.88 Å². The van der Waals surface area contributed by atoms with Crippen LogP contribution in [0.15, 0.2) is 41.0 Å². The lowest BCUT2D eigenvalue weighted by Gasteiger charge is -2.22. The molecular formula is C18H19BrN2O3. The quantitative estimate of drug-likeness (QED) is 0.857. The Hall–Kier alpha value is -1.92. The average molecular weight is 391 g/mol. The van der Waals surface area contributed by atoms with Crippen molar-refractivity contribution >= 4 is 27.5 Å². The van der Waals surface area contributed by atoms with Crippen LogP contribution in [0.4, 0.5) is 5.69 Å². The Labute approximate surface area is 149 Å². The van der Waals surface area contributed by atoms with E-state index in [-0.39, 0.29) is 12.0 Å². The molecule has 0 unspecified atom stereocenters. The highest BCUT2D eigenvalue weighted by Gasteiger charge is 2.16. The molecule has 0 aliphatic carbocycles. The normalized spacial score (nSPS) is 15.1. The SMILES string of the molecule is Cc1cc(Br)ccc1NC(=O)c1ccc(OC2CCOCC2)nc1. The van der Waals surface area contributed by atoms with Gasteiger partial charge in [0.2, 0.25) is 5.88 Å². The number of amides is 1. The number of hydrogen-bond acceptors (Lipinski definition) is 4. The van der Waals surface area contributed by atoms with Gasteiger partial charge < -0.3 is 14.8 Å². The molecule has 24 heavy (non-hydrogen) atoms. The van der Waals surface area contributed by atoms with Gasteiger partial charge in [-0.3, -0.25) is 4.79 Å². The van der Waals surface area contributed by atoms with Crippen LogP contribution in [0.3, 0.4) is 0 Å². The minimum Gasteiger partial charge on any atom is -0.474 e. The molecule has 126 valence electrons. The summed E-state index contributed by atoms with van der Waals surface area (Å²) in [5, 5.41) is 2.90. The number of ether oxygens (including phenoxy) is 2. The molecule has 1 aromatic heterocycles. The first kappa shape index (κ1) is 16.9. The molecular weight excluding hydrogens is 372 g/mol. The second kappa shape index (κ2) is 7.77. The molecule has 2 aromatic rings. The largest absolute Gasteiger partial charge is 0.474 e. The van der Waals surface area contributed by atoms with Crippen LogP contribution in [-0.2, 0) is 4.74 Å². The molecule has 5 nitrogen and oxygen atoms in total. The van der Waals surface area contributed by atoms with Gasteiger partial charge in [0.05, 0.1) is 18.8 Å². The van der Waals surface area contributed by atoms with Crippen molar-refractivity contribution in [2.75, 3.05) is 18.5 Å². The first-order valence-corrected chi connectivity index (χ1v) is 8.69. The molecule has 1 aliphatic heterocycles. The van der Waals surface area contributed by atoms with Crippen LogP contribution in [0.5, 0.6) is 5.88 Å². The van der Waals surface area contributed by atoms with Gasteiger partial charge in [-0.25, -0.2) is 4.98 Å². The molecule has 6 heteroatoms. The number of halogens is 1. The number of benzene rings is 1. The van der Waals surface area contributed by atoms with Crippen LogP contribution in [-0.4, -0.2) is 30.2 Å². The number of aromatic nitrogens is 1. The summed E-state index contributed by atoms with van der Waals surface area (Å²) in [6.45, 7) is 3.39.